The molecule has 2 aromatic heterocycles. The highest BCUT2D eigenvalue weighted by Gasteiger charge is 2.31. The van der Waals surface area contributed by atoms with E-state index in [2.05, 4.69) is 46.4 Å². The zero-order valence-electron chi connectivity index (χ0n) is 17.4. The minimum atomic E-state index is -0.124. The molecule has 1 atom stereocenters. The molecule has 0 bridgehead atoms. The molecule has 1 amide bonds. The van der Waals surface area contributed by atoms with Crippen molar-refractivity contribution in [1.29, 1.82) is 0 Å². The van der Waals surface area contributed by atoms with Crippen molar-refractivity contribution >= 4 is 27.5 Å². The number of ether oxygens (including phenoxy) is 1. The van der Waals surface area contributed by atoms with Gasteiger partial charge in [0, 0.05) is 42.7 Å². The largest absolute Gasteiger partial charge is 0.496 e. The van der Waals surface area contributed by atoms with Gasteiger partial charge in [-0.25, -0.2) is 4.98 Å². The van der Waals surface area contributed by atoms with Crippen LogP contribution in [0, 0.1) is 6.92 Å². The van der Waals surface area contributed by atoms with Gasteiger partial charge in [-0.3, -0.25) is 9.69 Å². The fraction of sp³-hybridized carbons (Fsp3) is 0.391. The number of benzene rings is 1. The summed E-state index contributed by atoms with van der Waals surface area (Å²) in [5.74, 6) is 1.07. The summed E-state index contributed by atoms with van der Waals surface area (Å²) in [5, 5.41) is 13.0. The molecule has 3 aromatic rings. The van der Waals surface area contributed by atoms with Crippen LogP contribution in [0.15, 0.2) is 36.5 Å². The van der Waals surface area contributed by atoms with Crippen LogP contribution in [0.3, 0.4) is 0 Å². The van der Waals surface area contributed by atoms with Crippen LogP contribution in [0.2, 0.25) is 0 Å². The van der Waals surface area contributed by atoms with Gasteiger partial charge in [-0.05, 0) is 43.1 Å². The van der Waals surface area contributed by atoms with Crippen LogP contribution in [0.1, 0.15) is 38.7 Å². The van der Waals surface area contributed by atoms with Gasteiger partial charge in [0.05, 0.1) is 18.6 Å². The Hall–Kier alpha value is -2.48. The van der Waals surface area contributed by atoms with Crippen molar-refractivity contribution in [2.24, 2.45) is 0 Å². The third kappa shape index (κ3) is 4.19. The number of hydrogen-bond acceptors (Lipinski definition) is 6. The number of fused-ring (bicyclic) bond motifs is 1. The van der Waals surface area contributed by atoms with Crippen molar-refractivity contribution in [1.82, 2.24) is 15.2 Å². The van der Waals surface area contributed by atoms with Crippen LogP contribution >= 0.6 is 11.3 Å². The lowest BCUT2D eigenvalue weighted by Crippen LogP contribution is -2.27. The number of carbonyl (C=O) groups is 1. The summed E-state index contributed by atoms with van der Waals surface area (Å²) in [7, 11) is 1.72. The summed E-state index contributed by atoms with van der Waals surface area (Å²) in [6.45, 7) is 4.93. The molecule has 158 valence electrons. The van der Waals surface area contributed by atoms with Gasteiger partial charge in [0.25, 0.3) is 5.91 Å². The van der Waals surface area contributed by atoms with E-state index in [-0.39, 0.29) is 25.0 Å². The number of carbonyl (C=O) groups excluding carboxylic acids is 1. The van der Waals surface area contributed by atoms with E-state index < -0.39 is 0 Å². The molecular weight excluding hydrogens is 398 g/mol. The first-order valence-corrected chi connectivity index (χ1v) is 11.0. The molecule has 1 fully saturated rings. The first-order valence-electron chi connectivity index (χ1n) is 10.2. The molecule has 0 saturated carbocycles. The lowest BCUT2D eigenvalue weighted by molar-refractivity contribution is 0.0947. The summed E-state index contributed by atoms with van der Waals surface area (Å²) in [6.07, 6.45) is 2.76. The molecule has 30 heavy (non-hydrogen) atoms. The van der Waals surface area contributed by atoms with Crippen molar-refractivity contribution in [3.8, 4) is 5.75 Å². The third-order valence-electron chi connectivity index (χ3n) is 5.63. The second-order valence-electron chi connectivity index (χ2n) is 7.72. The maximum atomic E-state index is 12.8. The van der Waals surface area contributed by atoms with Crippen molar-refractivity contribution in [2.75, 3.05) is 33.4 Å². The highest BCUT2D eigenvalue weighted by Crippen LogP contribution is 2.40. The van der Waals surface area contributed by atoms with Crippen molar-refractivity contribution in [3.63, 3.8) is 0 Å². The summed E-state index contributed by atoms with van der Waals surface area (Å²) < 4.78 is 5.57. The Morgan fingerprint density at radius 2 is 2.27 bits per heavy atom. The fourth-order valence-electron chi connectivity index (χ4n) is 4.21. The second kappa shape index (κ2) is 9.12. The number of aliphatic hydroxyl groups excluding tert-OH is 1. The molecule has 1 saturated heterocycles. The first kappa shape index (κ1) is 20.8. The molecular formula is C23H27N3O3S. The number of thiophene rings is 1. The quantitative estimate of drug-likeness (QED) is 0.607. The summed E-state index contributed by atoms with van der Waals surface area (Å²) in [6, 6.07) is 10.3. The van der Waals surface area contributed by atoms with E-state index in [0.29, 0.717) is 0 Å². The van der Waals surface area contributed by atoms with E-state index >= 15 is 0 Å². The Morgan fingerprint density at radius 1 is 1.40 bits per heavy atom. The topological polar surface area (TPSA) is 74.7 Å². The molecule has 0 aliphatic carbocycles. The van der Waals surface area contributed by atoms with E-state index in [1.54, 1.807) is 13.3 Å². The molecule has 2 N–H and O–H groups in total. The number of nitrogens with one attached hydrogen (secondary N) is 1. The number of nitrogens with zero attached hydrogens (tertiary/aromatic N) is 2. The Balaban J connectivity index is 1.58. The standard InChI is InChI=1S/C23H27N3O3S/c1-15-5-6-16(19(12-15)29-2)13-26-10-7-17(14-26)20-18-4-3-8-25-23(18)30-21(20)22(28)24-9-11-27/h3-6,8,12,17,27H,7,9-11,13-14H2,1-2H3,(H,24,28)/t17-/m0/s1. The maximum Gasteiger partial charge on any atom is 0.261 e. The number of likely N-dealkylation sites (tertiary alicyclic amines) is 1. The van der Waals surface area contributed by atoms with Gasteiger partial charge < -0.3 is 15.2 Å². The molecule has 3 heterocycles. The van der Waals surface area contributed by atoms with Gasteiger partial charge in [0.15, 0.2) is 0 Å². The number of aryl methyl sites for hydroxylation is 1. The maximum absolute atomic E-state index is 12.8. The average Bonchev–Trinajstić information content (AvgIpc) is 3.37. The second-order valence-corrected chi connectivity index (χ2v) is 8.72. The molecule has 7 heteroatoms. The predicted octanol–water partition coefficient (Wildman–Crippen LogP) is 3.32. The molecule has 1 aromatic carbocycles. The van der Waals surface area contributed by atoms with E-state index in [1.807, 2.05) is 6.07 Å². The van der Waals surface area contributed by atoms with Crippen LogP contribution < -0.4 is 10.1 Å². The number of rotatable bonds is 7. The van der Waals surface area contributed by atoms with Crippen molar-refractivity contribution in [2.45, 2.75) is 25.8 Å². The molecule has 1 aliphatic heterocycles. The highest BCUT2D eigenvalue weighted by molar-refractivity contribution is 7.20. The molecule has 4 rings (SSSR count). The Morgan fingerprint density at radius 3 is 3.07 bits per heavy atom. The van der Waals surface area contributed by atoms with Crippen LogP contribution in [-0.4, -0.2) is 54.2 Å². The van der Waals surface area contributed by atoms with Gasteiger partial charge in [-0.2, -0.15) is 0 Å². The number of pyridine rings is 1. The molecule has 0 radical (unpaired) electrons. The first-order chi connectivity index (χ1) is 14.6. The van der Waals surface area contributed by atoms with E-state index in [9.17, 15) is 4.79 Å². The van der Waals surface area contributed by atoms with Gasteiger partial charge in [-0.1, -0.05) is 18.2 Å². The van der Waals surface area contributed by atoms with E-state index in [0.717, 1.165) is 52.5 Å². The number of aromatic nitrogens is 1. The molecule has 0 unspecified atom stereocenters. The van der Waals surface area contributed by atoms with Crippen LogP contribution in [0.4, 0.5) is 0 Å². The minimum Gasteiger partial charge on any atom is -0.496 e. The Kier molecular flexibility index (Phi) is 6.32. The number of aliphatic hydroxyl groups is 1. The minimum absolute atomic E-state index is 0.0696. The predicted molar refractivity (Wildman–Crippen MR) is 119 cm³/mol. The van der Waals surface area contributed by atoms with Crippen LogP contribution in [0.25, 0.3) is 10.2 Å². The smallest absolute Gasteiger partial charge is 0.261 e. The summed E-state index contributed by atoms with van der Waals surface area (Å²) >= 11 is 1.44. The van der Waals surface area contributed by atoms with Gasteiger partial charge in [-0.15, -0.1) is 11.3 Å². The fourth-order valence-corrected chi connectivity index (χ4v) is 5.36. The normalized spacial score (nSPS) is 16.8. The van der Waals surface area contributed by atoms with Crippen molar-refractivity contribution < 1.29 is 14.6 Å². The summed E-state index contributed by atoms with van der Waals surface area (Å²) in [5.41, 5.74) is 3.46. The van der Waals surface area contributed by atoms with Gasteiger partial charge >= 0.3 is 0 Å². The Labute approximate surface area is 180 Å². The average molecular weight is 426 g/mol. The third-order valence-corrected chi connectivity index (χ3v) is 6.75. The zero-order valence-corrected chi connectivity index (χ0v) is 18.2. The number of methoxy groups -OCH3 is 1. The zero-order chi connectivity index (χ0) is 21.1. The van der Waals surface area contributed by atoms with Gasteiger partial charge in [0.2, 0.25) is 0 Å². The number of hydrogen-bond donors (Lipinski definition) is 2. The SMILES string of the molecule is COc1cc(C)ccc1CN1CC[C@H](c2c(C(=O)NCCO)sc3ncccc23)C1. The summed E-state index contributed by atoms with van der Waals surface area (Å²) in [4.78, 5) is 21.3. The lowest BCUT2D eigenvalue weighted by atomic mass is 9.95. The Bertz CT molecular complexity index is 1050. The lowest BCUT2D eigenvalue weighted by Gasteiger charge is -2.19. The molecule has 6 nitrogen and oxygen atoms in total. The highest BCUT2D eigenvalue weighted by atomic mass is 32.1. The number of amides is 1. The van der Waals surface area contributed by atoms with Crippen LogP contribution in [-0.2, 0) is 6.54 Å². The monoisotopic (exact) mass is 425 g/mol. The van der Waals surface area contributed by atoms with Crippen LogP contribution in [0.5, 0.6) is 5.75 Å². The van der Waals surface area contributed by atoms with Gasteiger partial charge in [0.1, 0.15) is 10.6 Å². The molecule has 0 spiro atoms. The van der Waals surface area contributed by atoms with E-state index in [4.69, 9.17) is 9.84 Å². The molecule has 1 aliphatic rings. The van der Waals surface area contributed by atoms with E-state index in [1.165, 1.54) is 22.5 Å². The van der Waals surface area contributed by atoms with Crippen molar-refractivity contribution in [3.05, 3.63) is 58.1 Å².